The fourth-order valence-corrected chi connectivity index (χ4v) is 4.64. The van der Waals surface area contributed by atoms with E-state index >= 15 is 0 Å². The van der Waals surface area contributed by atoms with Gasteiger partial charge in [-0.05, 0) is 55.0 Å². The molecule has 32 heavy (non-hydrogen) atoms. The van der Waals surface area contributed by atoms with Crippen LogP contribution in [0.4, 0.5) is 10.5 Å². The molecule has 176 valence electrons. The molecule has 0 aromatic heterocycles. The summed E-state index contributed by atoms with van der Waals surface area (Å²) in [6, 6.07) is 14.7. The number of aromatic hydroxyl groups is 1. The highest BCUT2D eigenvalue weighted by molar-refractivity contribution is 7.99. The van der Waals surface area contributed by atoms with E-state index in [1.54, 1.807) is 28.8 Å². The lowest BCUT2D eigenvalue weighted by Crippen LogP contribution is -2.36. The van der Waals surface area contributed by atoms with Crippen molar-refractivity contribution in [1.82, 2.24) is 0 Å². The van der Waals surface area contributed by atoms with Crippen LogP contribution in [0, 0.1) is 0 Å². The standard InChI is InChI=1S/C27H40N2O2S/c1-2-3-4-5-6-7-8-9-10-11-12-13-22-29(27(28)31)23-14-18-25(19-15-23)32-26-20-16-24(30)17-21-26/h14-21,30H,2-13,22H2,1H3,(H2,28,31). The quantitative estimate of drug-likeness (QED) is 0.251. The summed E-state index contributed by atoms with van der Waals surface area (Å²) in [5, 5.41) is 9.40. The lowest BCUT2D eigenvalue weighted by molar-refractivity contribution is 0.253. The number of nitrogens with zero attached hydrogens (tertiary/aromatic N) is 1. The summed E-state index contributed by atoms with van der Waals surface area (Å²) < 4.78 is 0. The molecule has 0 fully saturated rings. The van der Waals surface area contributed by atoms with Crippen molar-refractivity contribution < 1.29 is 9.90 Å². The SMILES string of the molecule is CCCCCCCCCCCCCCN(C(N)=O)c1ccc(Sc2ccc(O)cc2)cc1. The van der Waals surface area contributed by atoms with E-state index in [0.717, 1.165) is 28.3 Å². The monoisotopic (exact) mass is 456 g/mol. The van der Waals surface area contributed by atoms with Crippen molar-refractivity contribution in [2.24, 2.45) is 5.73 Å². The number of benzene rings is 2. The predicted molar refractivity (Wildman–Crippen MR) is 137 cm³/mol. The summed E-state index contributed by atoms with van der Waals surface area (Å²) in [6.45, 7) is 2.93. The first-order valence-electron chi connectivity index (χ1n) is 12.2. The van der Waals surface area contributed by atoms with Crippen LogP contribution in [0.2, 0.25) is 0 Å². The van der Waals surface area contributed by atoms with E-state index < -0.39 is 6.03 Å². The zero-order valence-electron chi connectivity index (χ0n) is 19.6. The minimum absolute atomic E-state index is 0.264. The van der Waals surface area contributed by atoms with Gasteiger partial charge in [0.2, 0.25) is 0 Å². The number of carbonyl (C=O) groups is 1. The fraction of sp³-hybridized carbons (Fsp3) is 0.519. The third kappa shape index (κ3) is 10.4. The second kappa shape index (κ2) is 15.6. The fourth-order valence-electron chi connectivity index (χ4n) is 3.82. The largest absolute Gasteiger partial charge is 0.508 e. The van der Waals surface area contributed by atoms with Gasteiger partial charge in [-0.1, -0.05) is 89.3 Å². The molecule has 0 aliphatic carbocycles. The molecule has 0 unspecified atom stereocenters. The summed E-state index contributed by atoms with van der Waals surface area (Å²) in [4.78, 5) is 15.8. The Labute approximate surface area is 198 Å². The van der Waals surface area contributed by atoms with Gasteiger partial charge in [0.1, 0.15) is 5.75 Å². The molecule has 2 aromatic carbocycles. The Morgan fingerprint density at radius 2 is 1.19 bits per heavy atom. The molecule has 0 atom stereocenters. The topological polar surface area (TPSA) is 66.6 Å². The zero-order valence-corrected chi connectivity index (χ0v) is 20.4. The highest BCUT2D eigenvalue weighted by atomic mass is 32.2. The Morgan fingerprint density at radius 3 is 1.66 bits per heavy atom. The van der Waals surface area contributed by atoms with Gasteiger partial charge in [0.15, 0.2) is 0 Å². The normalized spacial score (nSPS) is 10.9. The van der Waals surface area contributed by atoms with Crippen LogP contribution in [0.1, 0.15) is 84.0 Å². The highest BCUT2D eigenvalue weighted by Gasteiger charge is 2.12. The van der Waals surface area contributed by atoms with E-state index in [1.165, 1.54) is 64.2 Å². The Hall–Kier alpha value is -2.14. The first-order valence-corrected chi connectivity index (χ1v) is 13.1. The number of unbranched alkanes of at least 4 members (excludes halogenated alkanes) is 11. The van der Waals surface area contributed by atoms with Crippen molar-refractivity contribution >= 4 is 23.5 Å². The van der Waals surface area contributed by atoms with Gasteiger partial charge in [0.05, 0.1) is 0 Å². The first-order chi connectivity index (χ1) is 15.6. The summed E-state index contributed by atoms with van der Waals surface area (Å²) in [5.41, 5.74) is 6.49. The van der Waals surface area contributed by atoms with Crippen LogP contribution in [0.5, 0.6) is 5.75 Å². The first kappa shape index (κ1) is 26.1. The van der Waals surface area contributed by atoms with Crippen LogP contribution in [-0.4, -0.2) is 17.7 Å². The zero-order chi connectivity index (χ0) is 23.0. The van der Waals surface area contributed by atoms with E-state index in [9.17, 15) is 9.90 Å². The summed E-state index contributed by atoms with van der Waals surface area (Å²) in [5.74, 6) is 0.264. The van der Waals surface area contributed by atoms with Crippen LogP contribution < -0.4 is 10.6 Å². The third-order valence-corrected chi connectivity index (χ3v) is 6.74. The summed E-state index contributed by atoms with van der Waals surface area (Å²) in [6.07, 6.45) is 15.6. The lowest BCUT2D eigenvalue weighted by atomic mass is 10.1. The van der Waals surface area contributed by atoms with Gasteiger partial charge in [0, 0.05) is 22.0 Å². The van der Waals surface area contributed by atoms with Crippen LogP contribution in [0.25, 0.3) is 0 Å². The van der Waals surface area contributed by atoms with Crippen molar-refractivity contribution in [3.63, 3.8) is 0 Å². The summed E-state index contributed by atoms with van der Waals surface area (Å²) in [7, 11) is 0. The molecule has 0 spiro atoms. The molecule has 0 saturated carbocycles. The molecule has 0 aliphatic rings. The predicted octanol–water partition coefficient (Wildman–Crippen LogP) is 8.13. The molecular formula is C27H40N2O2S. The maximum absolute atomic E-state index is 12.0. The number of phenols is 1. The van der Waals surface area contributed by atoms with Crippen molar-refractivity contribution in [2.45, 2.75) is 93.8 Å². The molecule has 2 amide bonds. The van der Waals surface area contributed by atoms with Crippen LogP contribution in [0.15, 0.2) is 58.3 Å². The molecule has 2 aromatic rings. The van der Waals surface area contributed by atoms with Gasteiger partial charge in [-0.2, -0.15) is 0 Å². The van der Waals surface area contributed by atoms with E-state index in [4.69, 9.17) is 5.73 Å². The number of hydrogen-bond acceptors (Lipinski definition) is 3. The van der Waals surface area contributed by atoms with E-state index in [1.807, 2.05) is 36.4 Å². The second-order valence-electron chi connectivity index (χ2n) is 8.47. The van der Waals surface area contributed by atoms with Gasteiger partial charge in [-0.15, -0.1) is 0 Å². The molecule has 0 saturated heterocycles. The molecule has 0 radical (unpaired) electrons. The summed E-state index contributed by atoms with van der Waals surface area (Å²) >= 11 is 1.62. The van der Waals surface area contributed by atoms with Crippen molar-refractivity contribution in [3.05, 3.63) is 48.5 Å². The van der Waals surface area contributed by atoms with Crippen LogP contribution in [0.3, 0.4) is 0 Å². The maximum Gasteiger partial charge on any atom is 0.319 e. The average molecular weight is 457 g/mol. The average Bonchev–Trinajstić information content (AvgIpc) is 2.79. The van der Waals surface area contributed by atoms with Crippen molar-refractivity contribution in [2.75, 3.05) is 11.4 Å². The van der Waals surface area contributed by atoms with Crippen LogP contribution >= 0.6 is 11.8 Å². The molecule has 0 bridgehead atoms. The van der Waals surface area contributed by atoms with E-state index in [0.29, 0.717) is 6.54 Å². The Bertz CT molecular complexity index is 762. The Kier molecular flexibility index (Phi) is 12.8. The maximum atomic E-state index is 12.0. The van der Waals surface area contributed by atoms with Gasteiger partial charge in [0.25, 0.3) is 0 Å². The number of amides is 2. The molecule has 5 heteroatoms. The number of hydrogen-bond donors (Lipinski definition) is 2. The smallest absolute Gasteiger partial charge is 0.319 e. The van der Waals surface area contributed by atoms with Gasteiger partial charge >= 0.3 is 6.03 Å². The number of urea groups is 1. The molecule has 3 N–H and O–H groups in total. The van der Waals surface area contributed by atoms with Gasteiger partial charge < -0.3 is 10.8 Å². The molecule has 0 aliphatic heterocycles. The minimum atomic E-state index is -0.396. The van der Waals surface area contributed by atoms with Gasteiger partial charge in [-0.25, -0.2) is 4.79 Å². The van der Waals surface area contributed by atoms with E-state index in [2.05, 4.69) is 6.92 Å². The van der Waals surface area contributed by atoms with Crippen molar-refractivity contribution in [3.8, 4) is 5.75 Å². The molecular weight excluding hydrogens is 416 g/mol. The lowest BCUT2D eigenvalue weighted by Gasteiger charge is -2.20. The minimum Gasteiger partial charge on any atom is -0.508 e. The van der Waals surface area contributed by atoms with Gasteiger partial charge in [-0.3, -0.25) is 4.90 Å². The van der Waals surface area contributed by atoms with E-state index in [-0.39, 0.29) is 5.75 Å². The number of primary amides is 1. The second-order valence-corrected chi connectivity index (χ2v) is 9.62. The number of anilines is 1. The molecule has 4 nitrogen and oxygen atoms in total. The molecule has 0 heterocycles. The van der Waals surface area contributed by atoms with Crippen LogP contribution in [-0.2, 0) is 0 Å². The number of rotatable bonds is 16. The number of nitrogens with two attached hydrogens (primary N) is 1. The number of carbonyl (C=O) groups excluding carboxylic acids is 1. The highest BCUT2D eigenvalue weighted by Crippen LogP contribution is 2.30. The third-order valence-electron chi connectivity index (χ3n) is 5.72. The Morgan fingerprint density at radius 1 is 0.750 bits per heavy atom. The van der Waals surface area contributed by atoms with Crippen molar-refractivity contribution in [1.29, 1.82) is 0 Å². The molecule has 2 rings (SSSR count). The Balaban J connectivity index is 1.64. The number of phenolic OH excluding ortho intramolecular Hbond substituents is 1.